The Morgan fingerprint density at radius 1 is 1.47 bits per heavy atom. The molecule has 19 heavy (non-hydrogen) atoms. The molecule has 2 amide bonds. The van der Waals surface area contributed by atoms with E-state index in [1.807, 2.05) is 6.92 Å². The van der Waals surface area contributed by atoms with Gasteiger partial charge in [0.2, 0.25) is 0 Å². The van der Waals surface area contributed by atoms with E-state index in [0.717, 1.165) is 12.8 Å². The first-order chi connectivity index (χ1) is 8.99. The van der Waals surface area contributed by atoms with E-state index in [4.69, 9.17) is 11.5 Å². The molecule has 1 saturated carbocycles. The van der Waals surface area contributed by atoms with E-state index in [1.165, 1.54) is 0 Å². The zero-order chi connectivity index (χ0) is 14.4. The molecule has 0 bridgehead atoms. The van der Waals surface area contributed by atoms with Crippen molar-refractivity contribution in [2.45, 2.75) is 39.2 Å². The first kappa shape index (κ1) is 15.4. The van der Waals surface area contributed by atoms with Gasteiger partial charge in [0.05, 0.1) is 13.0 Å². The molecule has 0 saturated heterocycles. The third-order valence-corrected chi connectivity index (χ3v) is 3.32. The first-order valence-electron chi connectivity index (χ1n) is 6.70. The maximum Gasteiger partial charge on any atom is 0.321 e. The summed E-state index contributed by atoms with van der Waals surface area (Å²) in [6.45, 7) is 5.05. The zero-order valence-corrected chi connectivity index (χ0v) is 11.6. The minimum Gasteiger partial charge on any atom is -0.481 e. The highest BCUT2D eigenvalue weighted by Crippen LogP contribution is 2.30. The van der Waals surface area contributed by atoms with Crippen LogP contribution in [-0.4, -0.2) is 52.6 Å². The highest BCUT2D eigenvalue weighted by atomic mass is 16.4. The van der Waals surface area contributed by atoms with Crippen LogP contribution in [0.1, 0.15) is 33.1 Å². The van der Waals surface area contributed by atoms with Gasteiger partial charge in [0.15, 0.2) is 0 Å². The molecule has 5 nitrogen and oxygen atoms in total. The molecule has 106 valence electrons. The van der Waals surface area contributed by atoms with Gasteiger partial charge in [-0.3, -0.25) is 4.79 Å². The molecule has 1 aliphatic rings. The molecule has 1 aliphatic carbocycles. The highest BCUT2D eigenvalue weighted by molar-refractivity contribution is 5.76. The topological polar surface area (TPSA) is 60.9 Å². The molecular formula is C14H22N2O3. The number of urea groups is 1. The molecule has 1 fully saturated rings. The van der Waals surface area contributed by atoms with Gasteiger partial charge in [-0.25, -0.2) is 4.79 Å². The maximum atomic E-state index is 12.4. The SMILES string of the molecule is C#CCN(CC1CC1)C(=O)N(CC)C(C)CC(=O)O. The number of carboxylic acid groups (broad SMARTS) is 1. The molecule has 0 radical (unpaired) electrons. The minimum atomic E-state index is -0.899. The fraction of sp³-hybridized carbons (Fsp3) is 0.714. The van der Waals surface area contributed by atoms with Gasteiger partial charge in [0.1, 0.15) is 0 Å². The summed E-state index contributed by atoms with van der Waals surface area (Å²) in [5, 5.41) is 8.82. The molecule has 0 heterocycles. The average Bonchev–Trinajstić information content (AvgIpc) is 3.12. The van der Waals surface area contributed by atoms with Crippen LogP contribution >= 0.6 is 0 Å². The summed E-state index contributed by atoms with van der Waals surface area (Å²) in [5.41, 5.74) is 0. The molecule has 1 atom stereocenters. The van der Waals surface area contributed by atoms with Gasteiger partial charge in [0, 0.05) is 19.1 Å². The fourth-order valence-electron chi connectivity index (χ4n) is 2.11. The molecule has 0 aromatic carbocycles. The number of amides is 2. The number of nitrogens with zero attached hydrogens (tertiary/aromatic N) is 2. The second kappa shape index (κ2) is 7.03. The van der Waals surface area contributed by atoms with Crippen LogP contribution in [0.4, 0.5) is 4.79 Å². The van der Waals surface area contributed by atoms with Crippen molar-refractivity contribution in [3.63, 3.8) is 0 Å². The molecule has 1 N–H and O–H groups in total. The van der Waals surface area contributed by atoms with Gasteiger partial charge in [-0.05, 0) is 32.6 Å². The van der Waals surface area contributed by atoms with Gasteiger partial charge in [0.25, 0.3) is 0 Å². The van der Waals surface area contributed by atoms with Crippen LogP contribution in [0, 0.1) is 18.3 Å². The second-order valence-corrected chi connectivity index (χ2v) is 5.04. The third kappa shape index (κ3) is 4.82. The summed E-state index contributed by atoms with van der Waals surface area (Å²) in [4.78, 5) is 26.4. The van der Waals surface area contributed by atoms with Crippen molar-refractivity contribution in [2.24, 2.45) is 5.92 Å². The first-order valence-corrected chi connectivity index (χ1v) is 6.70. The molecule has 1 rings (SSSR count). The van der Waals surface area contributed by atoms with Crippen molar-refractivity contribution in [2.75, 3.05) is 19.6 Å². The zero-order valence-electron chi connectivity index (χ0n) is 11.6. The van der Waals surface area contributed by atoms with E-state index < -0.39 is 5.97 Å². The quantitative estimate of drug-likeness (QED) is 0.713. The van der Waals surface area contributed by atoms with Gasteiger partial charge < -0.3 is 14.9 Å². The van der Waals surface area contributed by atoms with Crippen LogP contribution in [0.25, 0.3) is 0 Å². The molecular weight excluding hydrogens is 244 g/mol. The molecule has 0 aromatic heterocycles. The minimum absolute atomic E-state index is 0.0487. The van der Waals surface area contributed by atoms with E-state index in [2.05, 4.69) is 5.92 Å². The van der Waals surface area contributed by atoms with Crippen molar-refractivity contribution in [1.82, 2.24) is 9.80 Å². The Hall–Kier alpha value is -1.70. The van der Waals surface area contributed by atoms with Crippen molar-refractivity contribution < 1.29 is 14.7 Å². The number of hydrogen-bond acceptors (Lipinski definition) is 2. The van der Waals surface area contributed by atoms with Crippen molar-refractivity contribution in [3.05, 3.63) is 0 Å². The predicted octanol–water partition coefficient (Wildman–Crippen LogP) is 1.64. The summed E-state index contributed by atoms with van der Waals surface area (Å²) < 4.78 is 0. The molecule has 0 spiro atoms. The normalized spacial score (nSPS) is 15.4. The van der Waals surface area contributed by atoms with Gasteiger partial charge >= 0.3 is 12.0 Å². The maximum absolute atomic E-state index is 12.4. The largest absolute Gasteiger partial charge is 0.481 e. The van der Waals surface area contributed by atoms with E-state index in [9.17, 15) is 9.59 Å². The fourth-order valence-corrected chi connectivity index (χ4v) is 2.11. The van der Waals surface area contributed by atoms with E-state index in [-0.39, 0.29) is 25.0 Å². The number of carbonyl (C=O) groups is 2. The number of rotatable bonds is 7. The van der Waals surface area contributed by atoms with Gasteiger partial charge in [-0.15, -0.1) is 6.42 Å². The Labute approximate surface area is 114 Å². The molecule has 0 aliphatic heterocycles. The number of aliphatic carboxylic acids is 1. The lowest BCUT2D eigenvalue weighted by Gasteiger charge is -2.32. The standard InChI is InChI=1S/C14H22N2O3/c1-4-8-15(10-12-6-7-12)14(19)16(5-2)11(3)9-13(17)18/h1,11-12H,5-10H2,2-3H3,(H,17,18). The molecule has 1 unspecified atom stereocenters. The monoisotopic (exact) mass is 266 g/mol. The summed E-state index contributed by atoms with van der Waals surface area (Å²) in [7, 11) is 0. The number of carbonyl (C=O) groups excluding carboxylic acids is 1. The summed E-state index contributed by atoms with van der Waals surface area (Å²) in [6.07, 6.45) is 7.54. The Balaban J connectivity index is 2.67. The summed E-state index contributed by atoms with van der Waals surface area (Å²) in [5.74, 6) is 2.16. The number of terminal acetylenes is 1. The smallest absolute Gasteiger partial charge is 0.321 e. The van der Waals surface area contributed by atoms with Crippen molar-refractivity contribution >= 4 is 12.0 Å². The van der Waals surface area contributed by atoms with E-state index in [1.54, 1.807) is 16.7 Å². The number of carboxylic acids is 1. The lowest BCUT2D eigenvalue weighted by molar-refractivity contribution is -0.138. The van der Waals surface area contributed by atoms with E-state index >= 15 is 0 Å². The highest BCUT2D eigenvalue weighted by Gasteiger charge is 2.30. The summed E-state index contributed by atoms with van der Waals surface area (Å²) >= 11 is 0. The molecule has 5 heteroatoms. The van der Waals surface area contributed by atoms with Crippen LogP contribution in [0.15, 0.2) is 0 Å². The second-order valence-electron chi connectivity index (χ2n) is 5.04. The summed E-state index contributed by atoms with van der Waals surface area (Å²) in [6, 6.07) is -0.476. The van der Waals surface area contributed by atoms with Crippen LogP contribution in [0.3, 0.4) is 0 Å². The van der Waals surface area contributed by atoms with Crippen molar-refractivity contribution in [3.8, 4) is 12.3 Å². The van der Waals surface area contributed by atoms with Crippen LogP contribution in [-0.2, 0) is 4.79 Å². The Kier molecular flexibility index (Phi) is 5.68. The number of hydrogen-bond donors (Lipinski definition) is 1. The lowest BCUT2D eigenvalue weighted by atomic mass is 10.2. The predicted molar refractivity (Wildman–Crippen MR) is 72.6 cm³/mol. The van der Waals surface area contributed by atoms with Crippen LogP contribution < -0.4 is 0 Å². The van der Waals surface area contributed by atoms with Crippen LogP contribution in [0.2, 0.25) is 0 Å². The van der Waals surface area contributed by atoms with Gasteiger partial charge in [-0.2, -0.15) is 0 Å². The Morgan fingerprint density at radius 3 is 2.53 bits per heavy atom. The van der Waals surface area contributed by atoms with Crippen molar-refractivity contribution in [1.29, 1.82) is 0 Å². The van der Waals surface area contributed by atoms with Crippen LogP contribution in [0.5, 0.6) is 0 Å². The lowest BCUT2D eigenvalue weighted by Crippen LogP contribution is -2.48. The Bertz CT molecular complexity index is 371. The van der Waals surface area contributed by atoms with Gasteiger partial charge in [-0.1, -0.05) is 5.92 Å². The van der Waals surface area contributed by atoms with E-state index in [0.29, 0.717) is 19.0 Å². The Morgan fingerprint density at radius 2 is 2.11 bits per heavy atom. The third-order valence-electron chi connectivity index (χ3n) is 3.32. The molecule has 0 aromatic rings. The average molecular weight is 266 g/mol.